The molecule has 1 atom stereocenters. The maximum Gasteiger partial charge on any atom is 0.295 e. The minimum absolute atomic E-state index is 0.251. The van der Waals surface area contributed by atoms with E-state index >= 15 is 0 Å². The smallest absolute Gasteiger partial charge is 0.295 e. The van der Waals surface area contributed by atoms with Crippen LogP contribution in [0.5, 0.6) is 5.88 Å². The van der Waals surface area contributed by atoms with Crippen LogP contribution in [0.2, 0.25) is 0 Å². The Bertz CT molecular complexity index is 1400. The summed E-state index contributed by atoms with van der Waals surface area (Å²) in [4.78, 5) is 18.0. The topological polar surface area (TPSA) is 89.0 Å². The lowest BCUT2D eigenvalue weighted by Crippen LogP contribution is -2.47. The van der Waals surface area contributed by atoms with Crippen LogP contribution in [0.4, 0.5) is 11.4 Å². The number of amides is 1. The second kappa shape index (κ2) is 7.86. The van der Waals surface area contributed by atoms with Gasteiger partial charge in [0.15, 0.2) is 5.69 Å². The molecule has 6 rings (SSSR count). The Morgan fingerprint density at radius 1 is 0.970 bits per heavy atom. The molecule has 0 aliphatic carbocycles. The van der Waals surface area contributed by atoms with E-state index in [1.807, 2.05) is 72.8 Å². The zero-order valence-corrected chi connectivity index (χ0v) is 19.5. The summed E-state index contributed by atoms with van der Waals surface area (Å²) < 4.78 is 7.24. The lowest BCUT2D eigenvalue weighted by atomic mass is 10.0. The Hall–Kier alpha value is -3.43. The van der Waals surface area contributed by atoms with E-state index in [4.69, 9.17) is 4.74 Å². The fraction of sp³-hybridized carbons (Fsp3) is 0.0833. The number of aromatic nitrogens is 3. The molecule has 3 aromatic carbocycles. The molecule has 1 unspecified atom stereocenters. The number of hydrogen-bond donors (Lipinski definition) is 2. The standard InChI is InChI=1S/C24H16BrN5O2S/c25-15-10-11-19-17(12-15)24(22(31)26-19)28-18-9-5-4-8-16(18)20-21(32-24)27-23(30-29-20)33-13-14-6-2-1-3-7-14/h1-12,28H,13H2,(H,26,31). The summed E-state index contributed by atoms with van der Waals surface area (Å²) in [5, 5.41) is 15.5. The Morgan fingerprint density at radius 2 is 1.79 bits per heavy atom. The van der Waals surface area contributed by atoms with Crippen molar-refractivity contribution >= 4 is 45.0 Å². The first-order chi connectivity index (χ1) is 16.1. The lowest BCUT2D eigenvalue weighted by Gasteiger charge is -2.28. The minimum atomic E-state index is -1.49. The molecular weight excluding hydrogens is 502 g/mol. The molecule has 7 nitrogen and oxygen atoms in total. The number of hydrogen-bond acceptors (Lipinski definition) is 7. The number of para-hydroxylation sites is 1. The van der Waals surface area contributed by atoms with E-state index in [-0.39, 0.29) is 11.8 Å². The number of rotatable bonds is 3. The molecule has 0 radical (unpaired) electrons. The van der Waals surface area contributed by atoms with Crippen LogP contribution >= 0.6 is 27.7 Å². The van der Waals surface area contributed by atoms with Crippen molar-refractivity contribution in [2.45, 2.75) is 16.6 Å². The van der Waals surface area contributed by atoms with Gasteiger partial charge in [-0.25, -0.2) is 0 Å². The van der Waals surface area contributed by atoms with Crippen molar-refractivity contribution in [3.8, 4) is 17.1 Å². The number of fused-ring (bicyclic) bond motifs is 5. The van der Waals surface area contributed by atoms with Gasteiger partial charge in [0.25, 0.3) is 11.6 Å². The molecule has 0 saturated carbocycles. The first-order valence-electron chi connectivity index (χ1n) is 10.2. The fourth-order valence-corrected chi connectivity index (χ4v) is 5.05. The molecule has 33 heavy (non-hydrogen) atoms. The van der Waals surface area contributed by atoms with Gasteiger partial charge in [-0.3, -0.25) is 4.79 Å². The third kappa shape index (κ3) is 3.44. The van der Waals surface area contributed by atoms with E-state index in [9.17, 15) is 4.79 Å². The molecule has 0 saturated heterocycles. The van der Waals surface area contributed by atoms with E-state index in [0.717, 1.165) is 15.6 Å². The van der Waals surface area contributed by atoms with Crippen LogP contribution < -0.4 is 15.4 Å². The highest BCUT2D eigenvalue weighted by Gasteiger charge is 2.52. The fourth-order valence-electron chi connectivity index (χ4n) is 3.95. The maximum absolute atomic E-state index is 13.3. The number of thioether (sulfide) groups is 1. The van der Waals surface area contributed by atoms with Crippen molar-refractivity contribution in [2.75, 3.05) is 10.6 Å². The van der Waals surface area contributed by atoms with Gasteiger partial charge < -0.3 is 15.4 Å². The highest BCUT2D eigenvalue weighted by Crippen LogP contribution is 2.47. The second-order valence-corrected chi connectivity index (χ2v) is 9.48. The van der Waals surface area contributed by atoms with Crippen molar-refractivity contribution in [3.05, 3.63) is 88.4 Å². The van der Waals surface area contributed by atoms with Crippen LogP contribution in [0.3, 0.4) is 0 Å². The quantitative estimate of drug-likeness (QED) is 0.361. The SMILES string of the molecule is O=C1Nc2ccc(Br)cc2C12Nc1ccccc1-c1nnc(SCc3ccccc3)nc1O2. The highest BCUT2D eigenvalue weighted by molar-refractivity contribution is 9.10. The van der Waals surface area contributed by atoms with Crippen molar-refractivity contribution in [3.63, 3.8) is 0 Å². The van der Waals surface area contributed by atoms with Gasteiger partial charge in [0, 0.05) is 21.5 Å². The van der Waals surface area contributed by atoms with Gasteiger partial charge in [-0.15, -0.1) is 10.2 Å². The van der Waals surface area contributed by atoms with Gasteiger partial charge in [-0.1, -0.05) is 76.2 Å². The van der Waals surface area contributed by atoms with Crippen molar-refractivity contribution in [1.29, 1.82) is 0 Å². The molecule has 1 amide bonds. The van der Waals surface area contributed by atoms with Gasteiger partial charge >= 0.3 is 0 Å². The number of benzene rings is 3. The Labute approximate surface area is 202 Å². The van der Waals surface area contributed by atoms with E-state index in [0.29, 0.717) is 33.5 Å². The number of anilines is 2. The largest absolute Gasteiger partial charge is 0.435 e. The first-order valence-corrected chi connectivity index (χ1v) is 12.0. The monoisotopic (exact) mass is 517 g/mol. The van der Waals surface area contributed by atoms with Gasteiger partial charge in [0.1, 0.15) is 0 Å². The number of nitrogens with one attached hydrogen (secondary N) is 2. The Morgan fingerprint density at radius 3 is 2.67 bits per heavy atom. The van der Waals surface area contributed by atoms with Crippen molar-refractivity contribution in [2.24, 2.45) is 0 Å². The minimum Gasteiger partial charge on any atom is -0.435 e. The molecule has 4 aromatic rings. The van der Waals surface area contributed by atoms with Crippen LogP contribution in [0.15, 0.2) is 82.4 Å². The summed E-state index contributed by atoms with van der Waals surface area (Å²) in [5.41, 5.74) is 2.96. The van der Waals surface area contributed by atoms with E-state index in [2.05, 4.69) is 41.7 Å². The van der Waals surface area contributed by atoms with Crippen molar-refractivity contribution in [1.82, 2.24) is 15.2 Å². The number of halogens is 1. The number of ether oxygens (including phenoxy) is 1. The molecule has 0 bridgehead atoms. The summed E-state index contributed by atoms with van der Waals surface area (Å²) in [6.45, 7) is 0. The summed E-state index contributed by atoms with van der Waals surface area (Å²) >= 11 is 4.97. The zero-order chi connectivity index (χ0) is 22.4. The number of nitrogens with zero attached hydrogens (tertiary/aromatic N) is 3. The van der Waals surface area contributed by atoms with E-state index < -0.39 is 5.72 Å². The average molecular weight is 518 g/mol. The molecule has 0 fully saturated rings. The predicted molar refractivity (Wildman–Crippen MR) is 130 cm³/mol. The van der Waals surface area contributed by atoms with Crippen LogP contribution in [0.25, 0.3) is 11.3 Å². The third-order valence-corrected chi connectivity index (χ3v) is 6.92. The summed E-state index contributed by atoms with van der Waals surface area (Å²) in [5.74, 6) is 0.619. The van der Waals surface area contributed by atoms with E-state index in [1.165, 1.54) is 11.8 Å². The Kier molecular flexibility index (Phi) is 4.81. The molecule has 1 aromatic heterocycles. The molecule has 9 heteroatoms. The van der Waals surface area contributed by atoms with Crippen molar-refractivity contribution < 1.29 is 9.53 Å². The lowest BCUT2D eigenvalue weighted by molar-refractivity contribution is -0.128. The normalized spacial score (nSPS) is 17.8. The summed E-state index contributed by atoms with van der Waals surface area (Å²) in [6, 6.07) is 23.2. The molecule has 2 aliphatic rings. The average Bonchev–Trinajstić information content (AvgIpc) is 3.00. The van der Waals surface area contributed by atoms with Gasteiger partial charge in [-0.05, 0) is 29.8 Å². The maximum atomic E-state index is 13.3. The molecule has 3 heterocycles. The summed E-state index contributed by atoms with van der Waals surface area (Å²) in [6.07, 6.45) is 0. The first kappa shape index (κ1) is 20.2. The molecular formula is C24H16BrN5O2S. The van der Waals surface area contributed by atoms with Crippen LogP contribution in [-0.2, 0) is 16.3 Å². The summed E-state index contributed by atoms with van der Waals surface area (Å²) in [7, 11) is 0. The zero-order valence-electron chi connectivity index (χ0n) is 17.1. The number of carbonyl (C=O) groups is 1. The highest BCUT2D eigenvalue weighted by atomic mass is 79.9. The van der Waals surface area contributed by atoms with Crippen LogP contribution in [0, 0.1) is 0 Å². The molecule has 1 spiro atoms. The Balaban J connectivity index is 1.46. The van der Waals surface area contributed by atoms with Crippen LogP contribution in [-0.4, -0.2) is 21.1 Å². The van der Waals surface area contributed by atoms with Gasteiger partial charge in [0.2, 0.25) is 11.0 Å². The third-order valence-electron chi connectivity index (χ3n) is 5.52. The van der Waals surface area contributed by atoms with E-state index in [1.54, 1.807) is 0 Å². The molecule has 2 N–H and O–H groups in total. The van der Waals surface area contributed by atoms with Gasteiger partial charge in [-0.2, -0.15) is 4.98 Å². The van der Waals surface area contributed by atoms with Crippen LogP contribution in [0.1, 0.15) is 11.1 Å². The van der Waals surface area contributed by atoms with Gasteiger partial charge in [0.05, 0.1) is 11.3 Å². The molecule has 2 aliphatic heterocycles. The second-order valence-electron chi connectivity index (χ2n) is 7.62. The predicted octanol–water partition coefficient (Wildman–Crippen LogP) is 5.20. The number of carbonyl (C=O) groups excluding carboxylic acids is 1. The molecule has 162 valence electrons.